The molecule has 1 saturated heterocycles. The highest BCUT2D eigenvalue weighted by Crippen LogP contribution is 2.50. The smallest absolute Gasteiger partial charge is 0.258 e. The lowest BCUT2D eigenvalue weighted by Crippen LogP contribution is -2.59. The third-order valence-electron chi connectivity index (χ3n) is 2.26. The van der Waals surface area contributed by atoms with Gasteiger partial charge in [0.1, 0.15) is 0 Å². The topological polar surface area (TPSA) is 18.5 Å². The van der Waals surface area contributed by atoms with Crippen LogP contribution in [0.1, 0.15) is 26.7 Å². The van der Waals surface area contributed by atoms with E-state index in [0.717, 1.165) is 6.92 Å². The van der Waals surface area contributed by atoms with E-state index in [2.05, 4.69) is 9.47 Å². The summed E-state index contributed by atoms with van der Waals surface area (Å²) in [5.74, 6) is -11.6. The molecule has 96 valence electrons. The Labute approximate surface area is 87.5 Å². The van der Waals surface area contributed by atoms with Gasteiger partial charge in [0.25, 0.3) is 5.85 Å². The van der Waals surface area contributed by atoms with E-state index in [1.807, 2.05) is 0 Å². The molecule has 0 aromatic heterocycles. The number of hydrogen-bond acceptors (Lipinski definition) is 2. The quantitative estimate of drug-likeness (QED) is 0.701. The van der Waals surface area contributed by atoms with Gasteiger partial charge in [0.05, 0.1) is 6.42 Å². The van der Waals surface area contributed by atoms with Crippen molar-refractivity contribution >= 4 is 0 Å². The van der Waals surface area contributed by atoms with Crippen LogP contribution in [0.3, 0.4) is 0 Å². The van der Waals surface area contributed by atoms with Gasteiger partial charge in [-0.15, -0.1) is 8.78 Å². The van der Waals surface area contributed by atoms with Gasteiger partial charge in [-0.3, -0.25) is 9.47 Å². The molecular formula is C8H10F6O2. The van der Waals surface area contributed by atoms with E-state index in [9.17, 15) is 26.3 Å². The summed E-state index contributed by atoms with van der Waals surface area (Å²) >= 11 is 0. The summed E-state index contributed by atoms with van der Waals surface area (Å²) in [4.78, 5) is 0. The second-order valence-electron chi connectivity index (χ2n) is 3.70. The van der Waals surface area contributed by atoms with Crippen molar-refractivity contribution < 1.29 is 35.8 Å². The monoisotopic (exact) mass is 252 g/mol. The Balaban J connectivity index is 3.06. The Morgan fingerprint density at radius 3 is 2.00 bits per heavy atom. The Kier molecular flexibility index (Phi) is 2.96. The van der Waals surface area contributed by atoms with Crippen molar-refractivity contribution in [2.75, 3.05) is 0 Å². The predicted molar refractivity (Wildman–Crippen MR) is 40.3 cm³/mol. The van der Waals surface area contributed by atoms with Crippen molar-refractivity contribution in [1.29, 1.82) is 0 Å². The zero-order valence-corrected chi connectivity index (χ0v) is 8.50. The third-order valence-corrected chi connectivity index (χ3v) is 2.26. The second-order valence-corrected chi connectivity index (χ2v) is 3.70. The van der Waals surface area contributed by atoms with Gasteiger partial charge in [-0.25, -0.2) is 17.6 Å². The average molecular weight is 252 g/mol. The van der Waals surface area contributed by atoms with E-state index in [-0.39, 0.29) is 6.92 Å². The highest BCUT2D eigenvalue weighted by molar-refractivity contribution is 4.91. The van der Waals surface area contributed by atoms with Crippen LogP contribution in [0.2, 0.25) is 0 Å². The molecule has 2 atom stereocenters. The van der Waals surface area contributed by atoms with Crippen molar-refractivity contribution in [3.05, 3.63) is 0 Å². The van der Waals surface area contributed by atoms with Gasteiger partial charge in [-0.2, -0.15) is 0 Å². The lowest BCUT2D eigenvalue weighted by molar-refractivity contribution is -0.539. The van der Waals surface area contributed by atoms with Gasteiger partial charge in [-0.05, 0) is 0 Å². The summed E-state index contributed by atoms with van der Waals surface area (Å²) in [6, 6.07) is 0. The Morgan fingerprint density at radius 2 is 1.62 bits per heavy atom. The molecule has 1 rings (SSSR count). The van der Waals surface area contributed by atoms with E-state index in [1.54, 1.807) is 0 Å². The van der Waals surface area contributed by atoms with E-state index >= 15 is 0 Å². The molecule has 0 amide bonds. The molecule has 8 heteroatoms. The van der Waals surface area contributed by atoms with Crippen LogP contribution < -0.4 is 0 Å². The molecule has 0 saturated carbocycles. The fourth-order valence-corrected chi connectivity index (χ4v) is 1.28. The van der Waals surface area contributed by atoms with Crippen molar-refractivity contribution in [2.45, 2.75) is 50.6 Å². The standard InChI is InChI=1S/C8H10F6O2/c1-3-6(11)4-7(12,5(2,9)10)16-8(13,14)15-6/h3-4H2,1-2H3. The SMILES string of the molecule is CCC1(F)CC(F)(C(C)(F)F)OC(F)(F)O1. The second kappa shape index (κ2) is 3.49. The number of alkyl halides is 6. The molecule has 2 unspecified atom stereocenters. The van der Waals surface area contributed by atoms with E-state index in [0.29, 0.717) is 0 Å². The number of rotatable bonds is 2. The molecule has 0 aliphatic carbocycles. The molecule has 1 fully saturated rings. The predicted octanol–water partition coefficient (Wildman–Crippen LogP) is 3.37. The third kappa shape index (κ3) is 2.42. The van der Waals surface area contributed by atoms with Gasteiger partial charge in [0.2, 0.25) is 5.85 Å². The number of hydrogen-bond donors (Lipinski definition) is 0. The fraction of sp³-hybridized carbons (Fsp3) is 1.00. The maximum absolute atomic E-state index is 13.5. The molecule has 0 spiro atoms. The molecule has 2 nitrogen and oxygen atoms in total. The first kappa shape index (κ1) is 13.6. The van der Waals surface area contributed by atoms with Crippen LogP contribution in [-0.4, -0.2) is 23.9 Å². The molecule has 0 radical (unpaired) electrons. The van der Waals surface area contributed by atoms with Crippen molar-refractivity contribution in [2.24, 2.45) is 0 Å². The van der Waals surface area contributed by atoms with Crippen LogP contribution in [0.25, 0.3) is 0 Å². The largest absolute Gasteiger partial charge is 0.491 e. The highest BCUT2D eigenvalue weighted by atomic mass is 19.3. The maximum atomic E-state index is 13.5. The summed E-state index contributed by atoms with van der Waals surface area (Å²) in [6.45, 7) is 1.10. The molecule has 16 heavy (non-hydrogen) atoms. The Hall–Kier alpha value is -0.500. The van der Waals surface area contributed by atoms with E-state index in [1.165, 1.54) is 0 Å². The molecule has 1 aliphatic rings. The number of halogens is 6. The maximum Gasteiger partial charge on any atom is 0.491 e. The molecule has 1 heterocycles. The van der Waals surface area contributed by atoms with Crippen molar-refractivity contribution in [3.8, 4) is 0 Å². The Morgan fingerprint density at radius 1 is 1.12 bits per heavy atom. The lowest BCUT2D eigenvalue weighted by atomic mass is 9.99. The van der Waals surface area contributed by atoms with Crippen LogP contribution in [0.4, 0.5) is 26.3 Å². The minimum Gasteiger partial charge on any atom is -0.258 e. The van der Waals surface area contributed by atoms with Crippen LogP contribution in [0.15, 0.2) is 0 Å². The first-order chi connectivity index (χ1) is 6.93. The van der Waals surface area contributed by atoms with Crippen molar-refractivity contribution in [1.82, 2.24) is 0 Å². The Bertz CT molecular complexity index is 278. The zero-order chi connectivity index (χ0) is 12.8. The minimum atomic E-state index is -4.72. The molecule has 1 aliphatic heterocycles. The van der Waals surface area contributed by atoms with E-state index < -0.39 is 36.8 Å². The van der Waals surface area contributed by atoms with E-state index in [4.69, 9.17) is 0 Å². The van der Waals surface area contributed by atoms with Crippen LogP contribution >= 0.6 is 0 Å². The van der Waals surface area contributed by atoms with Gasteiger partial charge in [0, 0.05) is 13.3 Å². The fourth-order valence-electron chi connectivity index (χ4n) is 1.28. The van der Waals surface area contributed by atoms with Crippen LogP contribution in [0, 0.1) is 0 Å². The molecule has 0 bridgehead atoms. The first-order valence-corrected chi connectivity index (χ1v) is 4.47. The summed E-state index contributed by atoms with van der Waals surface area (Å²) in [5, 5.41) is 0. The molecule has 0 aromatic rings. The minimum absolute atomic E-state index is 0.0322. The van der Waals surface area contributed by atoms with Crippen molar-refractivity contribution in [3.63, 3.8) is 0 Å². The molecular weight excluding hydrogens is 242 g/mol. The first-order valence-electron chi connectivity index (χ1n) is 4.47. The summed E-state index contributed by atoms with van der Waals surface area (Å²) in [7, 11) is 0. The summed E-state index contributed by atoms with van der Waals surface area (Å²) in [6.07, 6.45) is -7.04. The summed E-state index contributed by atoms with van der Waals surface area (Å²) in [5.41, 5.74) is 0. The van der Waals surface area contributed by atoms with Gasteiger partial charge in [-0.1, -0.05) is 6.92 Å². The number of ether oxygens (including phenoxy) is 2. The summed E-state index contributed by atoms with van der Waals surface area (Å²) < 4.78 is 84.5. The zero-order valence-electron chi connectivity index (χ0n) is 8.50. The average Bonchev–Trinajstić information content (AvgIpc) is 1.97. The highest BCUT2D eigenvalue weighted by Gasteiger charge is 2.67. The van der Waals surface area contributed by atoms with Gasteiger partial charge < -0.3 is 0 Å². The van der Waals surface area contributed by atoms with Gasteiger partial charge >= 0.3 is 12.2 Å². The molecule has 0 N–H and O–H groups in total. The van der Waals surface area contributed by atoms with Gasteiger partial charge in [0.15, 0.2) is 0 Å². The van der Waals surface area contributed by atoms with Crippen LogP contribution in [-0.2, 0) is 9.47 Å². The molecule has 0 aromatic carbocycles. The lowest BCUT2D eigenvalue weighted by Gasteiger charge is -2.43. The van der Waals surface area contributed by atoms with Crippen LogP contribution in [0.5, 0.6) is 0 Å². The normalized spacial score (nSPS) is 39.8.